The zero-order valence-electron chi connectivity index (χ0n) is 15.4. The van der Waals surface area contributed by atoms with E-state index in [-0.39, 0.29) is 41.0 Å². The minimum atomic E-state index is -1.42. The summed E-state index contributed by atoms with van der Waals surface area (Å²) in [5.41, 5.74) is 6.74. The summed E-state index contributed by atoms with van der Waals surface area (Å²) in [6.07, 6.45) is 3.33. The molecule has 2 aliphatic rings. The smallest absolute Gasteiger partial charge is 0.543 e. The number of hydrogen-bond acceptors (Lipinski definition) is 7. The molecule has 28 heavy (non-hydrogen) atoms. The number of thioether (sulfide) groups is 1. The Kier molecular flexibility index (Phi) is 7.35. The second kappa shape index (κ2) is 9.15. The summed E-state index contributed by atoms with van der Waals surface area (Å²) in [7, 11) is 0. The predicted octanol–water partition coefficient (Wildman–Crippen LogP) is -3.62. The van der Waals surface area contributed by atoms with Crippen LogP contribution in [-0.4, -0.2) is 45.0 Å². The summed E-state index contributed by atoms with van der Waals surface area (Å²) >= 11 is 1.36. The van der Waals surface area contributed by atoms with E-state index in [0.717, 1.165) is 4.90 Å². The van der Waals surface area contributed by atoms with Crippen LogP contribution in [0.15, 0.2) is 47.7 Å². The van der Waals surface area contributed by atoms with Gasteiger partial charge in [0.1, 0.15) is 23.2 Å². The summed E-state index contributed by atoms with van der Waals surface area (Å²) in [5.74, 6) is -2.06. The summed E-state index contributed by atoms with van der Waals surface area (Å²) < 4.78 is 0. The van der Waals surface area contributed by atoms with Crippen molar-refractivity contribution >= 4 is 29.5 Å². The number of benzene rings is 1. The van der Waals surface area contributed by atoms with Gasteiger partial charge in [0, 0.05) is 5.75 Å². The van der Waals surface area contributed by atoms with E-state index in [1.807, 2.05) is 0 Å². The molecule has 2 aliphatic heterocycles. The third-order valence-corrected chi connectivity index (χ3v) is 5.69. The van der Waals surface area contributed by atoms with Crippen LogP contribution in [0.1, 0.15) is 18.5 Å². The average Bonchev–Trinajstić information content (AvgIpc) is 2.65. The van der Waals surface area contributed by atoms with E-state index < -0.39 is 35.2 Å². The molecule has 10 heteroatoms. The van der Waals surface area contributed by atoms with Gasteiger partial charge in [0.25, 0.3) is 5.91 Å². The molecule has 2 heterocycles. The Labute approximate surface area is 188 Å². The number of nitrogens with zero attached hydrogens (tertiary/aromatic N) is 1. The molecule has 1 saturated heterocycles. The second-order valence-electron chi connectivity index (χ2n) is 6.13. The molecule has 1 aromatic rings. The maximum Gasteiger partial charge on any atom is 1.00 e. The number of fused-ring (bicyclic) bond motifs is 1. The number of aliphatic carboxylic acids is 1. The average molecular weight is 411 g/mol. The van der Waals surface area contributed by atoms with Crippen molar-refractivity contribution in [1.82, 2.24) is 10.2 Å². The summed E-state index contributed by atoms with van der Waals surface area (Å²) in [6.45, 7) is 1.75. The molecule has 4 N–H and O–H groups in total. The molecular weight excluding hydrogens is 393 g/mol. The maximum absolute atomic E-state index is 12.5. The molecule has 0 aromatic heterocycles. The zero-order chi connectivity index (χ0) is 19.7. The van der Waals surface area contributed by atoms with Crippen molar-refractivity contribution in [2.45, 2.75) is 24.4 Å². The number of amides is 2. The minimum Gasteiger partial charge on any atom is -0.543 e. The summed E-state index contributed by atoms with van der Waals surface area (Å²) in [4.78, 5) is 37.5. The van der Waals surface area contributed by atoms with Crippen molar-refractivity contribution in [3.63, 3.8) is 0 Å². The largest absolute Gasteiger partial charge is 1.00 e. The van der Waals surface area contributed by atoms with Crippen LogP contribution in [0.4, 0.5) is 0 Å². The first-order chi connectivity index (χ1) is 12.8. The number of aromatic hydroxyl groups is 1. The van der Waals surface area contributed by atoms with E-state index in [1.54, 1.807) is 19.1 Å². The minimum absolute atomic E-state index is 0. The second-order valence-corrected chi connectivity index (χ2v) is 7.23. The first-order valence-electron chi connectivity index (χ1n) is 8.22. The van der Waals surface area contributed by atoms with Crippen molar-refractivity contribution < 1.29 is 54.2 Å². The van der Waals surface area contributed by atoms with Gasteiger partial charge in [0.15, 0.2) is 0 Å². The summed E-state index contributed by atoms with van der Waals surface area (Å²) in [6, 6.07) is 3.99. The van der Waals surface area contributed by atoms with Crippen LogP contribution in [-0.2, 0) is 14.4 Å². The molecular formula is C18H18N3NaO5S. The van der Waals surface area contributed by atoms with E-state index in [9.17, 15) is 24.6 Å². The Balaban J connectivity index is 0.00000280. The van der Waals surface area contributed by atoms with Crippen molar-refractivity contribution in [3.05, 3.63) is 53.3 Å². The number of phenolic OH excluding ortho intramolecular Hbond substituents is 1. The Morgan fingerprint density at radius 2 is 2.04 bits per heavy atom. The van der Waals surface area contributed by atoms with Gasteiger partial charge in [-0.05, 0) is 30.2 Å². The van der Waals surface area contributed by atoms with E-state index >= 15 is 0 Å². The standard InChI is InChI=1S/C18H19N3O5S.Na/c1-2-3-10-8-27-17-13(16(24)21(17)14(10)18(25)26)20-15(23)12(19)9-4-6-11(22)7-5-9;/h2-7,12-13,17,22H,8,19H2,1H3,(H,20,23)(H,25,26);/q;+1/p-1/b3-2+;/t12?,13?,17-;/m1./s1. The zero-order valence-corrected chi connectivity index (χ0v) is 18.2. The molecule has 3 rings (SSSR count). The number of β-lactam (4-membered cyclic amide) rings is 1. The van der Waals surface area contributed by atoms with Gasteiger partial charge in [-0.2, -0.15) is 0 Å². The Morgan fingerprint density at radius 1 is 1.39 bits per heavy atom. The number of hydrogen-bond donors (Lipinski definition) is 3. The number of nitrogens with two attached hydrogens (primary N) is 1. The molecule has 3 atom stereocenters. The quantitative estimate of drug-likeness (QED) is 0.336. The van der Waals surface area contributed by atoms with E-state index in [0.29, 0.717) is 16.9 Å². The Morgan fingerprint density at radius 3 is 2.61 bits per heavy atom. The normalized spacial score (nSPS) is 22.2. The maximum atomic E-state index is 12.5. The third-order valence-electron chi connectivity index (χ3n) is 4.39. The van der Waals surface area contributed by atoms with Gasteiger partial charge >= 0.3 is 29.6 Å². The van der Waals surface area contributed by atoms with Crippen LogP contribution in [0.2, 0.25) is 0 Å². The van der Waals surface area contributed by atoms with E-state index in [1.165, 1.54) is 36.0 Å². The predicted molar refractivity (Wildman–Crippen MR) is 96.9 cm³/mol. The van der Waals surface area contributed by atoms with E-state index in [2.05, 4.69) is 5.32 Å². The number of carboxylic acid groups (broad SMARTS) is 1. The number of carbonyl (C=O) groups is 3. The van der Waals surface area contributed by atoms with Crippen molar-refractivity contribution in [2.24, 2.45) is 5.73 Å². The Hall–Kier alpha value is -1.78. The molecule has 1 aromatic carbocycles. The molecule has 2 amide bonds. The van der Waals surface area contributed by atoms with Gasteiger partial charge < -0.3 is 26.1 Å². The molecule has 0 radical (unpaired) electrons. The molecule has 8 nitrogen and oxygen atoms in total. The topological polar surface area (TPSA) is 136 Å². The molecule has 142 valence electrons. The molecule has 2 unspecified atom stereocenters. The van der Waals surface area contributed by atoms with Crippen LogP contribution in [0, 0.1) is 0 Å². The van der Waals surface area contributed by atoms with Gasteiger partial charge in [0.05, 0.1) is 11.7 Å². The number of allylic oxidation sites excluding steroid dienone is 2. The van der Waals surface area contributed by atoms with Crippen LogP contribution >= 0.6 is 11.8 Å². The van der Waals surface area contributed by atoms with Gasteiger partial charge in [-0.3, -0.25) is 14.5 Å². The van der Waals surface area contributed by atoms with Gasteiger partial charge in [-0.1, -0.05) is 24.3 Å². The monoisotopic (exact) mass is 411 g/mol. The molecule has 0 bridgehead atoms. The number of nitrogens with one attached hydrogen (secondary N) is 1. The fourth-order valence-corrected chi connectivity index (χ4v) is 4.36. The molecule has 1 fully saturated rings. The van der Waals surface area contributed by atoms with Gasteiger partial charge in [-0.25, -0.2) is 0 Å². The van der Waals surface area contributed by atoms with Crippen LogP contribution in [0.25, 0.3) is 0 Å². The number of phenols is 1. The first kappa shape index (κ1) is 22.5. The molecule has 0 aliphatic carbocycles. The number of carbonyl (C=O) groups excluding carboxylic acids is 3. The van der Waals surface area contributed by atoms with E-state index in [4.69, 9.17) is 5.73 Å². The molecule has 0 saturated carbocycles. The summed E-state index contributed by atoms with van der Waals surface area (Å²) in [5, 5.41) is 22.9. The molecule has 0 spiro atoms. The van der Waals surface area contributed by atoms with Crippen molar-refractivity contribution in [3.8, 4) is 5.75 Å². The van der Waals surface area contributed by atoms with Crippen molar-refractivity contribution in [1.29, 1.82) is 0 Å². The fraction of sp³-hybridized carbons (Fsp3) is 0.278. The van der Waals surface area contributed by atoms with Crippen LogP contribution in [0.5, 0.6) is 5.75 Å². The van der Waals surface area contributed by atoms with Crippen LogP contribution < -0.4 is 45.7 Å². The first-order valence-corrected chi connectivity index (χ1v) is 9.26. The third kappa shape index (κ3) is 4.13. The SMILES string of the molecule is C/C=C/C1=C(C(=O)[O-])N2C(=O)C(NC(=O)C(N)c3ccc(O)cc3)[C@H]2SC1.[Na+]. The fourth-order valence-electron chi connectivity index (χ4n) is 3.04. The Bertz CT molecular complexity index is 855. The van der Waals surface area contributed by atoms with Gasteiger partial charge in [0.2, 0.25) is 5.91 Å². The number of carboxylic acids is 1. The number of rotatable bonds is 5. The van der Waals surface area contributed by atoms with Gasteiger partial charge in [-0.15, -0.1) is 11.8 Å². The van der Waals surface area contributed by atoms with Crippen LogP contribution in [0.3, 0.4) is 0 Å². The van der Waals surface area contributed by atoms with Crippen molar-refractivity contribution in [2.75, 3.05) is 5.75 Å².